The first-order valence-electron chi connectivity index (χ1n) is 12.6. The number of aliphatic carboxylic acids is 2. The van der Waals surface area contributed by atoms with E-state index in [0.717, 1.165) is 22.4 Å². The van der Waals surface area contributed by atoms with Gasteiger partial charge in [-0.3, -0.25) is 24.5 Å². The molecule has 0 aromatic heterocycles. The molecular weight excluding hydrogens is 476 g/mol. The van der Waals surface area contributed by atoms with Gasteiger partial charge in [-0.25, -0.2) is 4.90 Å². The number of nitrogens with one attached hydrogen (secondary N) is 1. The van der Waals surface area contributed by atoms with Crippen molar-refractivity contribution in [1.82, 2.24) is 5.32 Å². The molecule has 9 nitrogen and oxygen atoms in total. The summed E-state index contributed by atoms with van der Waals surface area (Å²) >= 11 is 0. The van der Waals surface area contributed by atoms with Crippen LogP contribution in [0.2, 0.25) is 0 Å². The predicted octanol–water partition coefficient (Wildman–Crippen LogP) is 3.35. The Bertz CT molecular complexity index is 1200. The minimum absolute atomic E-state index is 0.480. The quantitative estimate of drug-likeness (QED) is 0.416. The van der Waals surface area contributed by atoms with E-state index in [1.807, 2.05) is 39.0 Å². The zero-order valence-electron chi connectivity index (χ0n) is 21.2. The van der Waals surface area contributed by atoms with Gasteiger partial charge in [0.15, 0.2) is 0 Å². The third-order valence-corrected chi connectivity index (χ3v) is 7.37. The summed E-state index contributed by atoms with van der Waals surface area (Å²) in [5, 5.41) is 22.9. The Morgan fingerprint density at radius 1 is 0.973 bits per heavy atom. The number of anilines is 1. The number of aryl methyl sites for hydroxylation is 2. The van der Waals surface area contributed by atoms with E-state index in [1.165, 1.54) is 0 Å². The number of hydrogen-bond acceptors (Lipinski definition) is 6. The third kappa shape index (κ3) is 4.37. The van der Waals surface area contributed by atoms with E-state index < -0.39 is 53.6 Å². The van der Waals surface area contributed by atoms with E-state index in [1.54, 1.807) is 24.3 Å². The maximum atomic E-state index is 14.0. The maximum absolute atomic E-state index is 14.0. The number of fused-ring (bicyclic) bond motifs is 1. The highest BCUT2D eigenvalue weighted by Crippen LogP contribution is 2.52. The number of amides is 2. The molecule has 4 rings (SSSR count). The van der Waals surface area contributed by atoms with Crippen LogP contribution in [0.5, 0.6) is 5.75 Å². The van der Waals surface area contributed by atoms with Crippen molar-refractivity contribution < 1.29 is 34.1 Å². The second-order valence-corrected chi connectivity index (χ2v) is 9.53. The molecule has 2 fully saturated rings. The lowest BCUT2D eigenvalue weighted by atomic mass is 9.77. The molecule has 4 unspecified atom stereocenters. The van der Waals surface area contributed by atoms with Gasteiger partial charge in [-0.15, -0.1) is 0 Å². The van der Waals surface area contributed by atoms with E-state index in [-0.39, 0.29) is 0 Å². The van der Waals surface area contributed by atoms with Crippen molar-refractivity contribution >= 4 is 29.4 Å². The molecule has 2 aliphatic heterocycles. The molecule has 2 heterocycles. The molecule has 9 heteroatoms. The standard InChI is InChI=1S/C28H32N2O7/c1-4-14-37-19-12-10-18(11-13-19)23-21-22(28(29-23,27(35)36)15-20(31)32)26(34)30(25(21)33)24-16(5-2)8-7-9-17(24)6-3/h7-13,21-23,29H,4-6,14-15H2,1-3H3,(H,31,32)(H,35,36). The van der Waals surface area contributed by atoms with E-state index in [2.05, 4.69) is 5.32 Å². The van der Waals surface area contributed by atoms with Crippen LogP contribution in [-0.2, 0) is 32.0 Å². The van der Waals surface area contributed by atoms with Crippen LogP contribution in [0.1, 0.15) is 56.3 Å². The molecule has 2 amide bonds. The lowest BCUT2D eigenvalue weighted by Gasteiger charge is -2.30. The van der Waals surface area contributed by atoms with Crippen LogP contribution < -0.4 is 15.0 Å². The number of ether oxygens (including phenoxy) is 1. The smallest absolute Gasteiger partial charge is 0.325 e. The molecule has 0 radical (unpaired) electrons. The minimum Gasteiger partial charge on any atom is -0.494 e. The average Bonchev–Trinajstić information content (AvgIpc) is 3.35. The average molecular weight is 509 g/mol. The highest BCUT2D eigenvalue weighted by Gasteiger charge is 2.69. The first-order valence-corrected chi connectivity index (χ1v) is 12.6. The summed E-state index contributed by atoms with van der Waals surface area (Å²) in [5.74, 6) is -5.91. The number of hydrogen-bond donors (Lipinski definition) is 3. The fourth-order valence-electron chi connectivity index (χ4n) is 5.68. The first-order chi connectivity index (χ1) is 17.7. The number of carboxylic acids is 2. The number of benzene rings is 2. The number of nitrogens with zero attached hydrogens (tertiary/aromatic N) is 1. The molecule has 0 saturated carbocycles. The highest BCUT2D eigenvalue weighted by atomic mass is 16.5. The van der Waals surface area contributed by atoms with E-state index in [0.29, 0.717) is 36.4 Å². The highest BCUT2D eigenvalue weighted by molar-refractivity contribution is 6.25. The lowest BCUT2D eigenvalue weighted by molar-refractivity contribution is -0.154. The van der Waals surface area contributed by atoms with Gasteiger partial charge in [-0.2, -0.15) is 0 Å². The van der Waals surface area contributed by atoms with Gasteiger partial charge in [-0.1, -0.05) is 51.1 Å². The topological polar surface area (TPSA) is 133 Å². The van der Waals surface area contributed by atoms with Crippen LogP contribution in [0.15, 0.2) is 42.5 Å². The van der Waals surface area contributed by atoms with Crippen molar-refractivity contribution in [1.29, 1.82) is 0 Å². The van der Waals surface area contributed by atoms with E-state index in [9.17, 15) is 29.4 Å². The normalized spacial score (nSPS) is 24.8. The van der Waals surface area contributed by atoms with Crippen LogP contribution in [0.4, 0.5) is 5.69 Å². The number of carbonyl (C=O) groups excluding carboxylic acids is 2. The van der Waals surface area contributed by atoms with Gasteiger partial charge in [0.25, 0.3) is 0 Å². The summed E-state index contributed by atoms with van der Waals surface area (Å²) in [6.07, 6.45) is 1.11. The van der Waals surface area contributed by atoms with Gasteiger partial charge < -0.3 is 14.9 Å². The number of carboxylic acid groups (broad SMARTS) is 2. The Balaban J connectivity index is 1.86. The molecule has 4 atom stereocenters. The molecule has 37 heavy (non-hydrogen) atoms. The van der Waals surface area contributed by atoms with Crippen molar-refractivity contribution in [3.8, 4) is 5.75 Å². The molecule has 2 saturated heterocycles. The van der Waals surface area contributed by atoms with E-state index >= 15 is 0 Å². The van der Waals surface area contributed by atoms with Crippen LogP contribution in [0.25, 0.3) is 0 Å². The Hall–Kier alpha value is -3.72. The Morgan fingerprint density at radius 3 is 2.11 bits per heavy atom. The fraction of sp³-hybridized carbons (Fsp3) is 0.429. The Labute approximate surface area is 215 Å². The van der Waals surface area contributed by atoms with Crippen molar-refractivity contribution in [2.24, 2.45) is 11.8 Å². The molecule has 0 spiro atoms. The van der Waals surface area contributed by atoms with E-state index in [4.69, 9.17) is 4.74 Å². The molecule has 2 aromatic rings. The van der Waals surface area contributed by atoms with Crippen LogP contribution in [0, 0.1) is 11.8 Å². The summed E-state index contributed by atoms with van der Waals surface area (Å²) in [6.45, 7) is 6.36. The maximum Gasteiger partial charge on any atom is 0.325 e. The number of rotatable bonds is 10. The molecule has 2 aliphatic rings. The van der Waals surface area contributed by atoms with Crippen molar-refractivity contribution in [2.75, 3.05) is 11.5 Å². The zero-order valence-corrected chi connectivity index (χ0v) is 21.2. The van der Waals surface area contributed by atoms with Gasteiger partial charge >= 0.3 is 11.9 Å². The predicted molar refractivity (Wildman–Crippen MR) is 135 cm³/mol. The monoisotopic (exact) mass is 508 g/mol. The second-order valence-electron chi connectivity index (χ2n) is 9.53. The van der Waals surface area contributed by atoms with Gasteiger partial charge in [0.05, 0.1) is 30.6 Å². The summed E-state index contributed by atoms with van der Waals surface area (Å²) in [6, 6.07) is 11.6. The largest absolute Gasteiger partial charge is 0.494 e. The zero-order chi connectivity index (χ0) is 26.9. The van der Waals surface area contributed by atoms with Gasteiger partial charge in [0, 0.05) is 6.04 Å². The summed E-state index contributed by atoms with van der Waals surface area (Å²) in [7, 11) is 0. The molecule has 0 bridgehead atoms. The second kappa shape index (κ2) is 10.3. The van der Waals surface area contributed by atoms with Crippen molar-refractivity contribution in [3.63, 3.8) is 0 Å². The Morgan fingerprint density at radius 2 is 1.59 bits per heavy atom. The van der Waals surface area contributed by atoms with Crippen molar-refractivity contribution in [3.05, 3.63) is 59.2 Å². The van der Waals surface area contributed by atoms with Crippen LogP contribution in [0.3, 0.4) is 0 Å². The van der Waals surface area contributed by atoms with Crippen LogP contribution in [-0.4, -0.2) is 46.1 Å². The molecule has 196 valence electrons. The summed E-state index contributed by atoms with van der Waals surface area (Å²) in [5.41, 5.74) is 0.501. The fourth-order valence-corrected chi connectivity index (χ4v) is 5.68. The molecule has 2 aromatic carbocycles. The van der Waals surface area contributed by atoms with Gasteiger partial charge in [0.1, 0.15) is 11.3 Å². The summed E-state index contributed by atoms with van der Waals surface area (Å²) < 4.78 is 5.63. The minimum atomic E-state index is -2.15. The number of carbonyl (C=O) groups is 4. The SMILES string of the molecule is CCCOc1ccc(C2NC(CC(=O)O)(C(=O)O)C3C(=O)N(c4c(CC)cccc4CC)C(=O)C23)cc1. The Kier molecular flexibility index (Phi) is 7.36. The molecule has 0 aliphatic carbocycles. The van der Waals surface area contributed by atoms with Crippen molar-refractivity contribution in [2.45, 2.75) is 58.0 Å². The third-order valence-electron chi connectivity index (χ3n) is 7.37. The van der Waals surface area contributed by atoms with Gasteiger partial charge in [-0.05, 0) is 48.1 Å². The lowest BCUT2D eigenvalue weighted by Crippen LogP contribution is -2.57. The number of para-hydroxylation sites is 1. The summed E-state index contributed by atoms with van der Waals surface area (Å²) in [4.78, 5) is 53.6. The molecular formula is C28H32N2O7. The first kappa shape index (κ1) is 26.3. The molecule has 3 N–H and O–H groups in total. The van der Waals surface area contributed by atoms with Crippen LogP contribution >= 0.6 is 0 Å². The van der Waals surface area contributed by atoms with Gasteiger partial charge in [0.2, 0.25) is 11.8 Å². The number of imide groups is 1.